The average Bonchev–Trinajstić information content (AvgIpc) is 2.87. The summed E-state index contributed by atoms with van der Waals surface area (Å²) in [6, 6.07) is 5.38. The number of aromatic nitrogens is 2. The first-order valence-corrected chi connectivity index (χ1v) is 9.72. The zero-order valence-electron chi connectivity index (χ0n) is 15.6. The third-order valence-corrected chi connectivity index (χ3v) is 5.79. The molecular weight excluding hydrogens is 384 g/mol. The van der Waals surface area contributed by atoms with E-state index in [4.69, 9.17) is 11.6 Å². The molecule has 1 aromatic carbocycles. The Morgan fingerprint density at radius 1 is 1.33 bits per heavy atom. The molecule has 0 fully saturated rings. The van der Waals surface area contributed by atoms with Crippen molar-refractivity contribution in [2.45, 2.75) is 26.7 Å². The fourth-order valence-electron chi connectivity index (χ4n) is 2.93. The molecule has 8 heteroatoms. The quantitative estimate of drug-likeness (QED) is 0.676. The number of anilines is 2. The summed E-state index contributed by atoms with van der Waals surface area (Å²) in [6.45, 7) is 3.90. The van der Waals surface area contributed by atoms with E-state index < -0.39 is 0 Å². The molecule has 2 heterocycles. The highest BCUT2D eigenvalue weighted by Crippen LogP contribution is 2.32. The zero-order valence-corrected chi connectivity index (χ0v) is 17.2. The fraction of sp³-hybridized carbons (Fsp3) is 0.316. The highest BCUT2D eigenvalue weighted by Gasteiger charge is 2.14. The van der Waals surface area contributed by atoms with Crippen molar-refractivity contribution in [3.63, 3.8) is 0 Å². The second kappa shape index (κ2) is 7.70. The maximum absolute atomic E-state index is 12.4. The van der Waals surface area contributed by atoms with Crippen LogP contribution < -0.4 is 15.8 Å². The van der Waals surface area contributed by atoms with Crippen LogP contribution in [0.4, 0.5) is 11.4 Å². The van der Waals surface area contributed by atoms with E-state index in [1.807, 2.05) is 38.9 Å². The average molecular weight is 405 g/mol. The van der Waals surface area contributed by atoms with Gasteiger partial charge in [0.05, 0.1) is 21.8 Å². The van der Waals surface area contributed by atoms with Gasteiger partial charge in [0.1, 0.15) is 10.7 Å². The fourth-order valence-corrected chi connectivity index (χ4v) is 4.33. The van der Waals surface area contributed by atoms with E-state index in [9.17, 15) is 9.59 Å². The maximum Gasteiger partial charge on any atom is 0.259 e. The molecule has 0 unspecified atom stereocenters. The molecule has 0 saturated carbocycles. The summed E-state index contributed by atoms with van der Waals surface area (Å²) in [5.41, 5.74) is 2.22. The van der Waals surface area contributed by atoms with Crippen LogP contribution in [0.5, 0.6) is 0 Å². The molecule has 27 heavy (non-hydrogen) atoms. The van der Waals surface area contributed by atoms with Gasteiger partial charge in [-0.25, -0.2) is 4.98 Å². The summed E-state index contributed by atoms with van der Waals surface area (Å²) in [4.78, 5) is 35.7. The minimum Gasteiger partial charge on any atom is -0.375 e. The largest absolute Gasteiger partial charge is 0.375 e. The molecule has 0 aliphatic carbocycles. The van der Waals surface area contributed by atoms with E-state index in [0.717, 1.165) is 16.1 Å². The number of hydrogen-bond acceptors (Lipinski definition) is 5. The van der Waals surface area contributed by atoms with Gasteiger partial charge in [-0.05, 0) is 31.5 Å². The Morgan fingerprint density at radius 2 is 2.07 bits per heavy atom. The van der Waals surface area contributed by atoms with Gasteiger partial charge >= 0.3 is 0 Å². The predicted molar refractivity (Wildman–Crippen MR) is 112 cm³/mol. The number of thiophene rings is 1. The Balaban J connectivity index is 1.74. The lowest BCUT2D eigenvalue weighted by Crippen LogP contribution is -2.18. The molecule has 0 spiro atoms. The van der Waals surface area contributed by atoms with E-state index in [-0.39, 0.29) is 17.9 Å². The number of carbonyl (C=O) groups is 1. The number of hydrogen-bond donors (Lipinski definition) is 2. The molecule has 0 aliphatic rings. The normalized spacial score (nSPS) is 11.0. The number of aromatic amines is 1. The zero-order chi connectivity index (χ0) is 19.7. The topological polar surface area (TPSA) is 78.1 Å². The van der Waals surface area contributed by atoms with Crippen molar-refractivity contribution in [2.24, 2.45) is 0 Å². The summed E-state index contributed by atoms with van der Waals surface area (Å²) in [7, 11) is 3.73. The van der Waals surface area contributed by atoms with E-state index in [2.05, 4.69) is 15.3 Å². The summed E-state index contributed by atoms with van der Waals surface area (Å²) in [5.74, 6) is 0.351. The van der Waals surface area contributed by atoms with E-state index in [1.165, 1.54) is 11.3 Å². The van der Waals surface area contributed by atoms with Gasteiger partial charge in [-0.3, -0.25) is 9.59 Å². The summed E-state index contributed by atoms with van der Waals surface area (Å²) >= 11 is 7.73. The molecule has 2 N–H and O–H groups in total. The van der Waals surface area contributed by atoms with Crippen LogP contribution in [0.15, 0.2) is 23.0 Å². The monoisotopic (exact) mass is 404 g/mol. The lowest BCUT2D eigenvalue weighted by molar-refractivity contribution is -0.116. The summed E-state index contributed by atoms with van der Waals surface area (Å²) < 4.78 is 0. The smallest absolute Gasteiger partial charge is 0.259 e. The molecule has 2 aromatic heterocycles. The minimum atomic E-state index is -0.165. The number of fused-ring (bicyclic) bond motifs is 1. The lowest BCUT2D eigenvalue weighted by Gasteiger charge is -2.19. The Morgan fingerprint density at radius 3 is 2.78 bits per heavy atom. The van der Waals surface area contributed by atoms with Gasteiger partial charge in [0.15, 0.2) is 0 Å². The van der Waals surface area contributed by atoms with Crippen LogP contribution in [0.25, 0.3) is 10.2 Å². The van der Waals surface area contributed by atoms with Crippen LogP contribution in [0, 0.1) is 13.8 Å². The number of halogens is 1. The van der Waals surface area contributed by atoms with Crippen LogP contribution in [-0.2, 0) is 11.2 Å². The molecule has 142 valence electrons. The molecule has 3 aromatic rings. The number of H-pyrrole nitrogens is 1. The van der Waals surface area contributed by atoms with Gasteiger partial charge < -0.3 is 15.2 Å². The molecule has 3 rings (SSSR count). The van der Waals surface area contributed by atoms with Crippen molar-refractivity contribution in [3.05, 3.63) is 49.8 Å². The number of amides is 1. The number of carbonyl (C=O) groups excluding carboxylic acids is 1. The highest BCUT2D eigenvalue weighted by molar-refractivity contribution is 7.18. The first kappa shape index (κ1) is 19.4. The predicted octanol–water partition coefficient (Wildman–Crippen LogP) is 3.89. The van der Waals surface area contributed by atoms with Gasteiger partial charge in [0.25, 0.3) is 5.56 Å². The summed E-state index contributed by atoms with van der Waals surface area (Å²) in [6.07, 6.45) is 0.558. The van der Waals surface area contributed by atoms with Gasteiger partial charge in [-0.1, -0.05) is 17.7 Å². The second-order valence-electron chi connectivity index (χ2n) is 6.55. The van der Waals surface area contributed by atoms with Crippen LogP contribution in [-0.4, -0.2) is 30.0 Å². The Labute approximate surface area is 166 Å². The number of aryl methyl sites for hydroxylation is 3. The third-order valence-electron chi connectivity index (χ3n) is 4.39. The molecule has 0 atom stereocenters. The highest BCUT2D eigenvalue weighted by atomic mass is 35.5. The number of benzene rings is 1. The Bertz CT molecular complexity index is 1070. The van der Waals surface area contributed by atoms with Crippen molar-refractivity contribution in [3.8, 4) is 0 Å². The number of nitrogens with zero attached hydrogens (tertiary/aromatic N) is 2. The Hall–Kier alpha value is -2.38. The van der Waals surface area contributed by atoms with Crippen molar-refractivity contribution in [1.29, 1.82) is 0 Å². The molecule has 6 nitrogen and oxygen atoms in total. The minimum absolute atomic E-state index is 0.151. The third kappa shape index (κ3) is 3.99. The first-order valence-electron chi connectivity index (χ1n) is 8.52. The molecule has 0 saturated heterocycles. The van der Waals surface area contributed by atoms with Crippen LogP contribution in [0.3, 0.4) is 0 Å². The van der Waals surface area contributed by atoms with E-state index in [0.29, 0.717) is 33.2 Å². The van der Waals surface area contributed by atoms with Crippen molar-refractivity contribution < 1.29 is 4.79 Å². The van der Waals surface area contributed by atoms with Crippen LogP contribution in [0.1, 0.15) is 22.7 Å². The molecule has 0 aliphatic heterocycles. The van der Waals surface area contributed by atoms with Crippen LogP contribution in [0.2, 0.25) is 5.02 Å². The molecule has 0 bridgehead atoms. The maximum atomic E-state index is 12.4. The van der Waals surface area contributed by atoms with E-state index in [1.54, 1.807) is 12.1 Å². The number of nitrogens with one attached hydrogen (secondary N) is 2. The van der Waals surface area contributed by atoms with Crippen molar-refractivity contribution in [1.82, 2.24) is 9.97 Å². The Kier molecular flexibility index (Phi) is 5.53. The molecule has 1 amide bonds. The van der Waals surface area contributed by atoms with Crippen molar-refractivity contribution in [2.75, 3.05) is 24.3 Å². The van der Waals surface area contributed by atoms with Gasteiger partial charge in [-0.15, -0.1) is 11.3 Å². The van der Waals surface area contributed by atoms with Gasteiger partial charge in [-0.2, -0.15) is 0 Å². The SMILES string of the molecule is Cc1sc2nc(CCC(=O)Nc3cccc(Cl)c3N(C)C)[nH]c(=O)c2c1C. The number of para-hydroxylation sites is 1. The first-order chi connectivity index (χ1) is 12.8. The molecular formula is C19H21ClN4O2S. The summed E-state index contributed by atoms with van der Waals surface area (Å²) in [5, 5.41) is 4.09. The van der Waals surface area contributed by atoms with E-state index >= 15 is 0 Å². The standard InChI is InChI=1S/C19H21ClN4O2S/c1-10-11(2)27-19-16(10)18(26)22-14(23-19)8-9-15(25)21-13-7-5-6-12(20)17(13)24(3)4/h5-7H,8-9H2,1-4H3,(H,21,25)(H,22,23,26). The van der Waals surface area contributed by atoms with Gasteiger partial charge in [0, 0.05) is 31.8 Å². The second-order valence-corrected chi connectivity index (χ2v) is 8.17. The van der Waals surface area contributed by atoms with Crippen molar-refractivity contribution >= 4 is 50.4 Å². The lowest BCUT2D eigenvalue weighted by atomic mass is 10.2. The number of rotatable bonds is 5. The van der Waals surface area contributed by atoms with Crippen LogP contribution >= 0.6 is 22.9 Å². The molecule has 0 radical (unpaired) electrons. The van der Waals surface area contributed by atoms with Gasteiger partial charge in [0.2, 0.25) is 5.91 Å².